The Morgan fingerprint density at radius 1 is 0.568 bits per heavy atom. The molecule has 5 aromatic rings. The van der Waals surface area contributed by atoms with Gasteiger partial charge in [0.2, 0.25) is 0 Å². The number of benzene rings is 5. The lowest BCUT2D eigenvalue weighted by Crippen LogP contribution is -2.30. The van der Waals surface area contributed by atoms with E-state index in [0.717, 1.165) is 49.4 Å². The van der Waals surface area contributed by atoms with Crippen LogP contribution in [0.25, 0.3) is 46.3 Å². The van der Waals surface area contributed by atoms with E-state index in [1.807, 2.05) is 24.3 Å². The maximum absolute atomic E-state index is 6.60. The summed E-state index contributed by atoms with van der Waals surface area (Å²) < 4.78 is 0. The lowest BCUT2D eigenvalue weighted by atomic mass is 9.92. The maximum atomic E-state index is 6.60. The van der Waals surface area contributed by atoms with Gasteiger partial charge in [-0.3, -0.25) is 0 Å². The van der Waals surface area contributed by atoms with E-state index in [1.165, 1.54) is 22.3 Å². The highest BCUT2D eigenvalue weighted by molar-refractivity contribution is 5.86. The predicted octanol–water partition coefficient (Wildman–Crippen LogP) is 8.24. The van der Waals surface area contributed by atoms with E-state index in [-0.39, 0.29) is 0 Å². The third-order valence-corrected chi connectivity index (χ3v) is 7.94. The van der Waals surface area contributed by atoms with E-state index in [0.29, 0.717) is 5.70 Å². The molecule has 5 rings (SSSR count). The first-order valence-electron chi connectivity index (χ1n) is 14.7. The Kier molecular flexibility index (Phi) is 9.22. The van der Waals surface area contributed by atoms with Crippen LogP contribution < -0.4 is 21.9 Å². The normalized spacial score (nSPS) is 12.5. The molecule has 5 aromatic carbocycles. The Morgan fingerprint density at radius 3 is 1.59 bits per heavy atom. The molecule has 2 nitrogen and oxygen atoms in total. The predicted molar refractivity (Wildman–Crippen MR) is 191 cm³/mol. The van der Waals surface area contributed by atoms with Gasteiger partial charge in [0.25, 0.3) is 0 Å². The molecule has 0 atom stereocenters. The zero-order chi connectivity index (χ0) is 31.1. The molecule has 0 bridgehead atoms. The molecule has 0 aliphatic rings. The molecule has 0 amide bonds. The van der Waals surface area contributed by atoms with Crippen LogP contribution in [0.15, 0.2) is 141 Å². The number of nitrogens with two attached hydrogens (primary N) is 2. The van der Waals surface area contributed by atoms with Crippen molar-refractivity contribution in [3.63, 3.8) is 0 Å². The maximum Gasteiger partial charge on any atom is 0.0467 e. The molecule has 0 saturated carbocycles. The van der Waals surface area contributed by atoms with Crippen LogP contribution in [0.2, 0.25) is 0 Å². The van der Waals surface area contributed by atoms with Crippen LogP contribution in [0.1, 0.15) is 38.9 Å². The molecule has 0 saturated heterocycles. The summed E-state index contributed by atoms with van der Waals surface area (Å²) in [5.74, 6) is 0. The second-order valence-electron chi connectivity index (χ2n) is 11.0. The summed E-state index contributed by atoms with van der Waals surface area (Å²) in [7, 11) is 0. The molecule has 0 spiro atoms. The number of aryl methyl sites for hydroxylation is 2. The molecule has 0 radical (unpaired) electrons. The van der Waals surface area contributed by atoms with Gasteiger partial charge in [-0.2, -0.15) is 0 Å². The van der Waals surface area contributed by atoms with Crippen LogP contribution in [0.4, 0.5) is 0 Å². The smallest absolute Gasteiger partial charge is 0.0467 e. The quantitative estimate of drug-likeness (QED) is 0.185. The van der Waals surface area contributed by atoms with Gasteiger partial charge in [0.05, 0.1) is 0 Å². The van der Waals surface area contributed by atoms with Crippen molar-refractivity contribution in [3.8, 4) is 11.1 Å². The standard InChI is InChI=1S/C42H38N2/c1-29-11-5-7-13-33(29)19-17-31(3)38-25-39(32(4)18-20-34-14-8-6-12-30(34)2)27-40(26-38)35-21-23-36(24-22-35)42(44)41-16-10-9-15-37(41)28-43/h5-28H,3-4,43-44H2,1-2H3/b19-17-,20-18-,37-28-,42-41-. The molecular formula is C42H38N2. The average Bonchev–Trinajstić information content (AvgIpc) is 3.06. The second kappa shape index (κ2) is 13.6. The van der Waals surface area contributed by atoms with Crippen molar-refractivity contribution >= 4 is 35.2 Å². The van der Waals surface area contributed by atoms with Crippen molar-refractivity contribution in [3.05, 3.63) is 190 Å². The van der Waals surface area contributed by atoms with Crippen molar-refractivity contribution in [2.45, 2.75) is 13.8 Å². The Balaban J connectivity index is 1.54. The van der Waals surface area contributed by atoms with Crippen molar-refractivity contribution < 1.29 is 0 Å². The monoisotopic (exact) mass is 570 g/mol. The summed E-state index contributed by atoms with van der Waals surface area (Å²) in [6.07, 6.45) is 10.0. The molecule has 0 aliphatic heterocycles. The van der Waals surface area contributed by atoms with Crippen LogP contribution in [0.5, 0.6) is 0 Å². The van der Waals surface area contributed by atoms with Crippen LogP contribution in [-0.4, -0.2) is 0 Å². The van der Waals surface area contributed by atoms with Gasteiger partial charge in [0.15, 0.2) is 0 Å². The van der Waals surface area contributed by atoms with Gasteiger partial charge in [-0.1, -0.05) is 135 Å². The zero-order valence-electron chi connectivity index (χ0n) is 25.4. The first-order valence-corrected chi connectivity index (χ1v) is 14.7. The summed E-state index contributed by atoms with van der Waals surface area (Å²) in [5.41, 5.74) is 25.0. The van der Waals surface area contributed by atoms with Gasteiger partial charge in [-0.25, -0.2) is 0 Å². The fraction of sp³-hybridized carbons (Fsp3) is 0.0476. The van der Waals surface area contributed by atoms with Crippen molar-refractivity contribution in [1.82, 2.24) is 0 Å². The number of allylic oxidation sites excluding steroid dienone is 4. The van der Waals surface area contributed by atoms with E-state index in [4.69, 9.17) is 11.5 Å². The van der Waals surface area contributed by atoms with Gasteiger partial charge >= 0.3 is 0 Å². The van der Waals surface area contributed by atoms with Crippen LogP contribution in [0, 0.1) is 13.8 Å². The zero-order valence-corrected chi connectivity index (χ0v) is 25.4. The third kappa shape index (κ3) is 6.88. The molecule has 216 valence electrons. The second-order valence-corrected chi connectivity index (χ2v) is 11.0. The highest BCUT2D eigenvalue weighted by Gasteiger charge is 2.08. The van der Waals surface area contributed by atoms with Gasteiger partial charge in [-0.15, -0.1) is 0 Å². The molecule has 0 heterocycles. The molecule has 44 heavy (non-hydrogen) atoms. The molecule has 4 N–H and O–H groups in total. The number of hydrogen-bond donors (Lipinski definition) is 2. The number of hydrogen-bond acceptors (Lipinski definition) is 2. The summed E-state index contributed by atoms with van der Waals surface area (Å²) in [5, 5.41) is 1.82. The lowest BCUT2D eigenvalue weighted by Gasteiger charge is -2.12. The average molecular weight is 571 g/mol. The minimum atomic E-state index is 0.688. The molecule has 0 aromatic heterocycles. The Hall–Kier alpha value is -5.60. The van der Waals surface area contributed by atoms with E-state index in [9.17, 15) is 0 Å². The minimum Gasteiger partial charge on any atom is -0.404 e. The first kappa shape index (κ1) is 29.9. The summed E-state index contributed by atoms with van der Waals surface area (Å²) >= 11 is 0. The summed E-state index contributed by atoms with van der Waals surface area (Å²) in [4.78, 5) is 0. The van der Waals surface area contributed by atoms with E-state index in [1.54, 1.807) is 6.20 Å². The molecule has 0 aliphatic carbocycles. The topological polar surface area (TPSA) is 52.0 Å². The fourth-order valence-electron chi connectivity index (χ4n) is 5.17. The van der Waals surface area contributed by atoms with E-state index in [2.05, 4.69) is 142 Å². The largest absolute Gasteiger partial charge is 0.404 e. The third-order valence-electron chi connectivity index (χ3n) is 7.94. The van der Waals surface area contributed by atoms with Crippen molar-refractivity contribution in [1.29, 1.82) is 0 Å². The van der Waals surface area contributed by atoms with E-state index < -0.39 is 0 Å². The Labute approximate surface area is 261 Å². The van der Waals surface area contributed by atoms with Crippen molar-refractivity contribution in [2.75, 3.05) is 0 Å². The SMILES string of the molecule is C=C(/C=C\c1ccccc1C)c1cc(C(=C)/C=C\c2ccccc2C)cc(-c2ccc(/C(N)=c3\cccc\c3=C\N)cc2)c1. The molecule has 2 heteroatoms. The van der Waals surface area contributed by atoms with Crippen molar-refractivity contribution in [2.24, 2.45) is 11.5 Å². The molecular weight excluding hydrogens is 532 g/mol. The lowest BCUT2D eigenvalue weighted by molar-refractivity contribution is 1.40. The molecule has 0 unspecified atom stereocenters. The highest BCUT2D eigenvalue weighted by Crippen LogP contribution is 2.30. The van der Waals surface area contributed by atoms with Gasteiger partial charge < -0.3 is 11.5 Å². The van der Waals surface area contributed by atoms with E-state index >= 15 is 0 Å². The Bertz CT molecular complexity index is 1940. The molecule has 0 fully saturated rings. The minimum absolute atomic E-state index is 0.688. The summed E-state index contributed by atoms with van der Waals surface area (Å²) in [6, 6.07) is 39.4. The number of rotatable bonds is 8. The summed E-state index contributed by atoms with van der Waals surface area (Å²) in [6.45, 7) is 13.1. The van der Waals surface area contributed by atoms with Crippen LogP contribution >= 0.6 is 0 Å². The Morgan fingerprint density at radius 2 is 1.07 bits per heavy atom. The van der Waals surface area contributed by atoms with Crippen LogP contribution in [0.3, 0.4) is 0 Å². The van der Waals surface area contributed by atoms with Gasteiger partial charge in [-0.05, 0) is 98.5 Å². The van der Waals surface area contributed by atoms with Crippen LogP contribution in [-0.2, 0) is 0 Å². The highest BCUT2D eigenvalue weighted by atomic mass is 14.6. The van der Waals surface area contributed by atoms with Gasteiger partial charge in [0.1, 0.15) is 0 Å². The van der Waals surface area contributed by atoms with Gasteiger partial charge in [0, 0.05) is 17.1 Å². The fourth-order valence-corrected chi connectivity index (χ4v) is 5.17. The first-order chi connectivity index (χ1) is 21.3.